The van der Waals surface area contributed by atoms with Crippen LogP contribution in [0.15, 0.2) is 45.8 Å². The number of hydrogen-bond acceptors (Lipinski definition) is 7. The van der Waals surface area contributed by atoms with E-state index in [1.54, 1.807) is 19.1 Å². The number of nitrogens with two attached hydrogens (primary N) is 1. The van der Waals surface area contributed by atoms with Crippen LogP contribution < -0.4 is 5.14 Å². The average Bonchev–Trinajstić information content (AvgIpc) is 3.13. The second-order valence-corrected chi connectivity index (χ2v) is 8.09. The molecule has 3 rings (SSSR count). The summed E-state index contributed by atoms with van der Waals surface area (Å²) in [4.78, 5) is 16.0. The predicted molar refractivity (Wildman–Crippen MR) is 101 cm³/mol. The molecule has 0 saturated carbocycles. The van der Waals surface area contributed by atoms with E-state index in [1.807, 2.05) is 0 Å². The Morgan fingerprint density at radius 3 is 2.66 bits per heavy atom. The second-order valence-electron chi connectivity index (χ2n) is 6.16. The molecule has 1 atom stereocenters. The lowest BCUT2D eigenvalue weighted by molar-refractivity contribution is 0.0265. The molecule has 0 amide bonds. The molecule has 2 N–H and O–H groups in total. The Balaban J connectivity index is 1.79. The van der Waals surface area contributed by atoms with Gasteiger partial charge in [-0.05, 0) is 43.7 Å². The summed E-state index contributed by atoms with van der Waals surface area (Å²) < 4.78 is 47.1. The van der Waals surface area contributed by atoms with Crippen LogP contribution >= 0.6 is 11.6 Å². The maximum absolute atomic E-state index is 13.7. The highest BCUT2D eigenvalue weighted by molar-refractivity contribution is 7.89. The van der Waals surface area contributed by atoms with Crippen molar-refractivity contribution in [2.75, 3.05) is 0 Å². The number of benzene rings is 2. The highest BCUT2D eigenvalue weighted by atomic mass is 35.5. The minimum absolute atomic E-state index is 0.0185. The van der Waals surface area contributed by atoms with E-state index in [4.69, 9.17) is 26.0 Å². The van der Waals surface area contributed by atoms with E-state index in [1.165, 1.54) is 25.1 Å². The Hall–Kier alpha value is -2.82. The summed E-state index contributed by atoms with van der Waals surface area (Å²) in [7, 11) is -4.12. The van der Waals surface area contributed by atoms with E-state index in [2.05, 4.69) is 10.1 Å². The van der Waals surface area contributed by atoms with Gasteiger partial charge in [0.05, 0.1) is 10.6 Å². The van der Waals surface area contributed by atoms with Gasteiger partial charge in [-0.25, -0.2) is 22.7 Å². The fraction of sp³-hybridized carbons (Fsp3) is 0.167. The molecule has 0 aliphatic carbocycles. The molecule has 152 valence electrons. The minimum Gasteiger partial charge on any atom is -0.449 e. The SMILES string of the molecule is Cc1ccc(-c2noc(C(C)OC(=O)c3ccc(Cl)c(S(N)(=O)=O)c3)n2)cc1F. The van der Waals surface area contributed by atoms with Crippen LogP contribution in [0.2, 0.25) is 5.02 Å². The number of esters is 1. The molecule has 0 spiro atoms. The Labute approximate surface area is 170 Å². The zero-order chi connectivity index (χ0) is 21.3. The summed E-state index contributed by atoms with van der Waals surface area (Å²) in [5.41, 5.74) is 0.796. The van der Waals surface area contributed by atoms with Gasteiger partial charge in [0.1, 0.15) is 10.7 Å². The molecular weight excluding hydrogens is 425 g/mol. The van der Waals surface area contributed by atoms with Gasteiger partial charge in [0, 0.05) is 5.56 Å². The zero-order valence-electron chi connectivity index (χ0n) is 15.2. The standard InChI is InChI=1S/C18H15ClFN3O5S/c1-9-3-4-11(7-14(9)20)16-22-17(28-23-16)10(2)27-18(24)12-5-6-13(19)15(8-12)29(21,25)26/h3-8,10H,1-2H3,(H2,21,25,26). The fourth-order valence-corrected chi connectivity index (χ4v) is 3.45. The number of rotatable bonds is 5. The van der Waals surface area contributed by atoms with Crippen molar-refractivity contribution < 1.29 is 26.9 Å². The van der Waals surface area contributed by atoms with Gasteiger partial charge in [-0.3, -0.25) is 0 Å². The van der Waals surface area contributed by atoms with E-state index < -0.39 is 32.8 Å². The van der Waals surface area contributed by atoms with Gasteiger partial charge >= 0.3 is 5.97 Å². The number of carbonyl (C=O) groups is 1. The van der Waals surface area contributed by atoms with Gasteiger partial charge < -0.3 is 9.26 Å². The van der Waals surface area contributed by atoms with Crippen LogP contribution in [0.3, 0.4) is 0 Å². The number of aryl methyl sites for hydroxylation is 1. The van der Waals surface area contributed by atoms with E-state index in [9.17, 15) is 17.6 Å². The predicted octanol–water partition coefficient (Wildman–Crippen LogP) is 3.40. The van der Waals surface area contributed by atoms with Crippen molar-refractivity contribution in [2.24, 2.45) is 5.14 Å². The lowest BCUT2D eigenvalue weighted by atomic mass is 10.1. The minimum atomic E-state index is -4.12. The number of ether oxygens (including phenoxy) is 1. The van der Waals surface area contributed by atoms with Crippen molar-refractivity contribution in [3.63, 3.8) is 0 Å². The van der Waals surface area contributed by atoms with Crippen molar-refractivity contribution in [1.29, 1.82) is 0 Å². The summed E-state index contributed by atoms with van der Waals surface area (Å²) in [5.74, 6) is -1.15. The smallest absolute Gasteiger partial charge is 0.338 e. The Bertz CT molecular complexity index is 1200. The van der Waals surface area contributed by atoms with Crippen molar-refractivity contribution in [3.05, 3.63) is 64.3 Å². The Kier molecular flexibility index (Phi) is 5.69. The lowest BCUT2D eigenvalue weighted by Crippen LogP contribution is -2.15. The van der Waals surface area contributed by atoms with Gasteiger partial charge in [-0.1, -0.05) is 28.9 Å². The Morgan fingerprint density at radius 2 is 2.00 bits per heavy atom. The molecule has 1 aromatic heterocycles. The maximum atomic E-state index is 13.7. The summed E-state index contributed by atoms with van der Waals surface area (Å²) in [6.45, 7) is 3.11. The summed E-state index contributed by atoms with van der Waals surface area (Å²) in [6.07, 6.45) is -0.951. The third kappa shape index (κ3) is 4.61. The monoisotopic (exact) mass is 439 g/mol. The number of sulfonamides is 1. The summed E-state index contributed by atoms with van der Waals surface area (Å²) >= 11 is 5.80. The average molecular weight is 440 g/mol. The molecule has 29 heavy (non-hydrogen) atoms. The molecule has 11 heteroatoms. The first-order valence-electron chi connectivity index (χ1n) is 8.19. The molecule has 1 heterocycles. The lowest BCUT2D eigenvalue weighted by Gasteiger charge is -2.10. The first kappa shape index (κ1) is 20.9. The van der Waals surface area contributed by atoms with Crippen LogP contribution in [-0.2, 0) is 14.8 Å². The molecule has 0 radical (unpaired) electrons. The summed E-state index contributed by atoms with van der Waals surface area (Å²) in [5, 5.41) is 8.71. The van der Waals surface area contributed by atoms with Crippen molar-refractivity contribution >= 4 is 27.6 Å². The van der Waals surface area contributed by atoms with Crippen molar-refractivity contribution in [1.82, 2.24) is 10.1 Å². The van der Waals surface area contributed by atoms with Gasteiger partial charge in [-0.15, -0.1) is 0 Å². The molecule has 8 nitrogen and oxygen atoms in total. The highest BCUT2D eigenvalue weighted by Crippen LogP contribution is 2.25. The molecule has 0 aliphatic rings. The molecule has 3 aromatic rings. The number of carbonyl (C=O) groups excluding carboxylic acids is 1. The first-order chi connectivity index (χ1) is 13.6. The molecule has 0 aliphatic heterocycles. The number of nitrogens with zero attached hydrogens (tertiary/aromatic N) is 2. The van der Waals surface area contributed by atoms with Crippen LogP contribution in [0.5, 0.6) is 0 Å². The van der Waals surface area contributed by atoms with Crippen LogP contribution in [0.1, 0.15) is 34.8 Å². The number of hydrogen-bond donors (Lipinski definition) is 1. The number of halogens is 2. The van der Waals surface area contributed by atoms with Gasteiger partial charge in [0.2, 0.25) is 15.8 Å². The van der Waals surface area contributed by atoms with E-state index in [0.29, 0.717) is 11.1 Å². The molecular formula is C18H15ClFN3O5S. The van der Waals surface area contributed by atoms with Gasteiger partial charge in [0.25, 0.3) is 5.89 Å². The first-order valence-corrected chi connectivity index (χ1v) is 10.1. The maximum Gasteiger partial charge on any atom is 0.338 e. The largest absolute Gasteiger partial charge is 0.449 e. The molecule has 0 fully saturated rings. The topological polar surface area (TPSA) is 125 Å². The molecule has 2 aromatic carbocycles. The van der Waals surface area contributed by atoms with E-state index in [-0.39, 0.29) is 22.3 Å². The van der Waals surface area contributed by atoms with Crippen molar-refractivity contribution in [2.45, 2.75) is 24.8 Å². The van der Waals surface area contributed by atoms with Crippen LogP contribution in [0.4, 0.5) is 4.39 Å². The quantitative estimate of drug-likeness (QED) is 0.603. The van der Waals surface area contributed by atoms with E-state index >= 15 is 0 Å². The van der Waals surface area contributed by atoms with Crippen LogP contribution in [-0.4, -0.2) is 24.5 Å². The normalized spacial score (nSPS) is 12.6. The Morgan fingerprint density at radius 1 is 1.28 bits per heavy atom. The van der Waals surface area contributed by atoms with Gasteiger partial charge in [0.15, 0.2) is 6.10 Å². The molecule has 1 unspecified atom stereocenters. The summed E-state index contributed by atoms with van der Waals surface area (Å²) in [6, 6.07) is 8.00. The molecule has 0 bridgehead atoms. The fourth-order valence-electron chi connectivity index (χ4n) is 2.38. The highest BCUT2D eigenvalue weighted by Gasteiger charge is 2.22. The number of primary sulfonamides is 1. The third-order valence-electron chi connectivity index (χ3n) is 3.98. The van der Waals surface area contributed by atoms with Crippen LogP contribution in [0, 0.1) is 12.7 Å². The van der Waals surface area contributed by atoms with Crippen molar-refractivity contribution in [3.8, 4) is 11.4 Å². The third-order valence-corrected chi connectivity index (χ3v) is 5.37. The van der Waals surface area contributed by atoms with Gasteiger partial charge in [-0.2, -0.15) is 4.98 Å². The van der Waals surface area contributed by atoms with E-state index in [0.717, 1.165) is 6.07 Å². The molecule has 0 saturated heterocycles. The second kappa shape index (κ2) is 7.90. The zero-order valence-corrected chi connectivity index (χ0v) is 16.8. The van der Waals surface area contributed by atoms with Crippen LogP contribution in [0.25, 0.3) is 11.4 Å². The number of aromatic nitrogens is 2.